The number of rotatable bonds is 6. The number of aromatic nitrogens is 3. The molecule has 228 valence electrons. The summed E-state index contributed by atoms with van der Waals surface area (Å²) in [5.74, 6) is 1.73. The number of ether oxygens (including phenoxy) is 1. The molecular formula is C39H24N4O3Pt. The maximum atomic E-state index is 6.69. The number of fused-ring (bicyclic) bond motifs is 6. The van der Waals surface area contributed by atoms with E-state index in [9.17, 15) is 0 Å². The van der Waals surface area contributed by atoms with Gasteiger partial charge in [0.05, 0.1) is 5.58 Å². The number of furan rings is 2. The summed E-state index contributed by atoms with van der Waals surface area (Å²) in [4.78, 5) is 6.74. The third-order valence-electron chi connectivity index (χ3n) is 8.06. The molecular weight excluding hydrogens is 768 g/mol. The number of pyridine rings is 1. The predicted molar refractivity (Wildman–Crippen MR) is 180 cm³/mol. The van der Waals surface area contributed by atoms with Crippen molar-refractivity contribution in [2.75, 3.05) is 4.90 Å². The van der Waals surface area contributed by atoms with Gasteiger partial charge in [0.15, 0.2) is 0 Å². The second-order valence-electron chi connectivity index (χ2n) is 11.0. The van der Waals surface area contributed by atoms with Crippen molar-refractivity contribution in [3.8, 4) is 22.8 Å². The van der Waals surface area contributed by atoms with Crippen molar-refractivity contribution in [3.05, 3.63) is 140 Å². The van der Waals surface area contributed by atoms with Crippen LogP contribution >= 0.6 is 0 Å². The standard InChI is InChI=1S/C39H24N4O3.Pt/c1-42-20-18-33(41-42)32-23-26(21-30-28-13-5-7-15-35(28)45-38(30)32)44-27-22-31-29-14-6-8-16-36(29)46-39(31)34(24-27)43(25-11-3-2-4-12-25)37-17-9-10-19-40-37;/h2-22H,1H3;/q-2;+2. The average molecular weight is 792 g/mol. The van der Waals surface area contributed by atoms with Gasteiger partial charge in [-0.3, -0.25) is 4.68 Å². The van der Waals surface area contributed by atoms with E-state index < -0.39 is 0 Å². The molecule has 0 saturated heterocycles. The number of para-hydroxylation sites is 3. The molecule has 47 heavy (non-hydrogen) atoms. The van der Waals surface area contributed by atoms with Crippen molar-refractivity contribution in [3.63, 3.8) is 0 Å². The van der Waals surface area contributed by atoms with Crippen LogP contribution in [0.5, 0.6) is 11.5 Å². The number of nitrogens with zero attached hydrogens (tertiary/aromatic N) is 4. The van der Waals surface area contributed by atoms with E-state index in [0.717, 1.165) is 55.5 Å². The molecule has 0 fully saturated rings. The molecule has 0 atom stereocenters. The predicted octanol–water partition coefficient (Wildman–Crippen LogP) is 10.1. The van der Waals surface area contributed by atoms with E-state index >= 15 is 0 Å². The molecule has 0 aliphatic carbocycles. The molecule has 4 aromatic heterocycles. The zero-order valence-electron chi connectivity index (χ0n) is 25.0. The van der Waals surface area contributed by atoms with Gasteiger partial charge in [0.25, 0.3) is 0 Å². The third kappa shape index (κ3) is 4.96. The second kappa shape index (κ2) is 11.6. The van der Waals surface area contributed by atoms with Crippen LogP contribution in [0.4, 0.5) is 17.2 Å². The smallest absolute Gasteiger partial charge is 0.513 e. The number of benzene rings is 5. The summed E-state index contributed by atoms with van der Waals surface area (Å²) >= 11 is 0. The average Bonchev–Trinajstić information content (AvgIpc) is 3.81. The first-order chi connectivity index (χ1) is 22.7. The fourth-order valence-electron chi connectivity index (χ4n) is 6.02. The molecule has 0 unspecified atom stereocenters. The van der Waals surface area contributed by atoms with E-state index in [0.29, 0.717) is 28.4 Å². The summed E-state index contributed by atoms with van der Waals surface area (Å²) in [6, 6.07) is 44.8. The Hall–Kier alpha value is -5.65. The van der Waals surface area contributed by atoms with E-state index in [4.69, 9.17) is 18.6 Å². The van der Waals surface area contributed by atoms with E-state index in [1.54, 1.807) is 10.9 Å². The fourth-order valence-corrected chi connectivity index (χ4v) is 6.02. The van der Waals surface area contributed by atoms with Crippen LogP contribution in [-0.2, 0) is 28.1 Å². The van der Waals surface area contributed by atoms with Crippen LogP contribution in [0.2, 0.25) is 0 Å². The van der Waals surface area contributed by atoms with Gasteiger partial charge in [0.2, 0.25) is 0 Å². The molecule has 0 amide bonds. The van der Waals surface area contributed by atoms with Gasteiger partial charge in [-0.15, -0.1) is 12.1 Å². The first kappa shape index (κ1) is 28.8. The number of hydrogen-bond donors (Lipinski definition) is 0. The van der Waals surface area contributed by atoms with Gasteiger partial charge in [-0.1, -0.05) is 95.2 Å². The van der Waals surface area contributed by atoms with Crippen LogP contribution < -0.4 is 9.64 Å². The maximum absolute atomic E-state index is 6.69. The van der Waals surface area contributed by atoms with Crippen LogP contribution in [0.3, 0.4) is 0 Å². The Morgan fingerprint density at radius 3 is 2.00 bits per heavy atom. The summed E-state index contributed by atoms with van der Waals surface area (Å²) < 4.78 is 21.3. The second-order valence-corrected chi connectivity index (χ2v) is 11.0. The van der Waals surface area contributed by atoms with Crippen molar-refractivity contribution in [1.82, 2.24) is 14.8 Å². The van der Waals surface area contributed by atoms with Gasteiger partial charge in [0, 0.05) is 58.7 Å². The third-order valence-corrected chi connectivity index (χ3v) is 8.06. The van der Waals surface area contributed by atoms with Gasteiger partial charge < -0.3 is 18.5 Å². The Morgan fingerprint density at radius 2 is 1.32 bits per heavy atom. The van der Waals surface area contributed by atoms with Gasteiger partial charge >= 0.3 is 21.1 Å². The Balaban J connectivity index is 0.00000324. The molecule has 5 aromatic carbocycles. The fraction of sp³-hybridized carbons (Fsp3) is 0.0256. The summed E-state index contributed by atoms with van der Waals surface area (Å²) in [5, 5.41) is 8.43. The van der Waals surface area contributed by atoms with E-state index in [2.05, 4.69) is 23.3 Å². The number of aryl methyl sites for hydroxylation is 1. The summed E-state index contributed by atoms with van der Waals surface area (Å²) in [6.07, 6.45) is 3.68. The Bertz CT molecular complexity index is 2500. The van der Waals surface area contributed by atoms with E-state index in [-0.39, 0.29) is 21.1 Å². The molecule has 9 aromatic rings. The molecule has 0 aliphatic rings. The van der Waals surface area contributed by atoms with Gasteiger partial charge in [0.1, 0.15) is 17.0 Å². The molecule has 9 rings (SSSR count). The monoisotopic (exact) mass is 791 g/mol. The van der Waals surface area contributed by atoms with Crippen LogP contribution in [-0.4, -0.2) is 14.8 Å². The summed E-state index contributed by atoms with van der Waals surface area (Å²) in [7, 11) is 1.89. The van der Waals surface area contributed by atoms with Gasteiger partial charge in [-0.25, -0.2) is 10.1 Å². The maximum Gasteiger partial charge on any atom is 2.00 e. The first-order valence-corrected chi connectivity index (χ1v) is 14.9. The van der Waals surface area contributed by atoms with Crippen molar-refractivity contribution >= 4 is 61.1 Å². The van der Waals surface area contributed by atoms with E-state index in [1.165, 1.54) is 0 Å². The SMILES string of the molecule is Cn1ccc(-c2[c-]c(Oc3[c-]c(N(c4ccccc4)c4ccccn4)c4oc5ccccc5c4c3)cc3c2oc2ccccc23)n1.[Pt+2]. The van der Waals surface area contributed by atoms with Gasteiger partial charge in [-0.05, 0) is 42.1 Å². The molecule has 0 aliphatic heterocycles. The minimum Gasteiger partial charge on any atom is -0.513 e. The van der Waals surface area contributed by atoms with Crippen molar-refractivity contribution in [2.24, 2.45) is 7.05 Å². The first-order valence-electron chi connectivity index (χ1n) is 14.9. The Kier molecular flexibility index (Phi) is 7.11. The van der Waals surface area contributed by atoms with Crippen LogP contribution in [0.25, 0.3) is 55.1 Å². The summed E-state index contributed by atoms with van der Waals surface area (Å²) in [6.45, 7) is 0. The Morgan fingerprint density at radius 1 is 0.681 bits per heavy atom. The van der Waals surface area contributed by atoms with Crippen molar-refractivity contribution in [1.29, 1.82) is 0 Å². The Labute approximate surface area is 283 Å². The van der Waals surface area contributed by atoms with E-state index in [1.807, 2.05) is 127 Å². The largest absolute Gasteiger partial charge is 2.00 e. The minimum atomic E-state index is 0. The molecule has 0 spiro atoms. The molecule has 0 N–H and O–H groups in total. The van der Waals surface area contributed by atoms with Gasteiger partial charge in [-0.2, -0.15) is 0 Å². The molecule has 0 radical (unpaired) electrons. The minimum absolute atomic E-state index is 0. The zero-order valence-corrected chi connectivity index (χ0v) is 27.2. The topological polar surface area (TPSA) is 69.5 Å². The summed E-state index contributed by atoms with van der Waals surface area (Å²) in [5.41, 5.74) is 5.99. The van der Waals surface area contributed by atoms with Crippen LogP contribution in [0, 0.1) is 12.1 Å². The molecule has 0 saturated carbocycles. The molecule has 7 nitrogen and oxygen atoms in total. The normalized spacial score (nSPS) is 11.3. The number of hydrogen-bond acceptors (Lipinski definition) is 6. The quantitative estimate of drug-likeness (QED) is 0.156. The van der Waals surface area contributed by atoms with Crippen molar-refractivity contribution < 1.29 is 34.6 Å². The molecule has 4 heterocycles. The van der Waals surface area contributed by atoms with Crippen LogP contribution in [0.1, 0.15) is 0 Å². The zero-order chi connectivity index (χ0) is 30.6. The molecule has 0 bridgehead atoms. The number of anilines is 3. The molecule has 8 heteroatoms. The van der Waals surface area contributed by atoms with Crippen molar-refractivity contribution in [2.45, 2.75) is 0 Å². The van der Waals surface area contributed by atoms with Crippen LogP contribution in [0.15, 0.2) is 136 Å².